The lowest BCUT2D eigenvalue weighted by Gasteiger charge is -2.30. The zero-order valence-corrected chi connectivity index (χ0v) is 33.5. The van der Waals surface area contributed by atoms with Crippen molar-refractivity contribution < 1.29 is 65.0 Å². The molecule has 0 bridgehead atoms. The molecule has 2 saturated heterocycles. The molecule has 0 atom stereocenters. The number of carboxylic acids is 1. The molecule has 0 aromatic heterocycles. The van der Waals surface area contributed by atoms with Crippen LogP contribution in [0.5, 0.6) is 0 Å². The molecule has 0 radical (unpaired) electrons. The van der Waals surface area contributed by atoms with E-state index >= 15 is 0 Å². The molecular weight excluding hydrogens is 842 g/mol. The molecule has 20 heteroatoms. The largest absolute Gasteiger partial charge is 0.481 e. The number of halogens is 6. The van der Waals surface area contributed by atoms with Crippen molar-refractivity contribution in [3.63, 3.8) is 0 Å². The van der Waals surface area contributed by atoms with Crippen LogP contribution >= 0.6 is 0 Å². The highest BCUT2D eigenvalue weighted by Crippen LogP contribution is 2.31. The minimum atomic E-state index is -4.46. The van der Waals surface area contributed by atoms with Crippen molar-refractivity contribution in [2.45, 2.75) is 38.0 Å². The van der Waals surface area contributed by atoms with Crippen molar-refractivity contribution in [1.82, 2.24) is 9.80 Å². The number of nitrogens with one attached hydrogen (secondary N) is 4. The van der Waals surface area contributed by atoms with Crippen LogP contribution in [0.15, 0.2) is 97.1 Å². The summed E-state index contributed by atoms with van der Waals surface area (Å²) in [6.45, 7) is 1.51. The van der Waals surface area contributed by atoms with Gasteiger partial charge in [0.15, 0.2) is 0 Å². The number of carbonyl (C=O) groups is 6. The predicted octanol–water partition coefficient (Wildman–Crippen LogP) is 8.66. The van der Waals surface area contributed by atoms with Crippen molar-refractivity contribution in [3.05, 3.63) is 119 Å². The van der Waals surface area contributed by atoms with Gasteiger partial charge in [0, 0.05) is 60.1 Å². The number of nitrogens with zero attached hydrogens (tertiary/aromatic N) is 2. The fourth-order valence-electron chi connectivity index (χ4n) is 6.71. The molecule has 2 aliphatic heterocycles. The van der Waals surface area contributed by atoms with Crippen molar-refractivity contribution in [3.8, 4) is 0 Å². The third kappa shape index (κ3) is 13.4. The average molecular weight is 885 g/mol. The van der Waals surface area contributed by atoms with Gasteiger partial charge in [0.05, 0.1) is 30.1 Å². The first-order valence-electron chi connectivity index (χ1n) is 19.4. The first-order chi connectivity index (χ1) is 29.8. The highest BCUT2D eigenvalue weighted by molar-refractivity contribution is 6.02. The summed E-state index contributed by atoms with van der Waals surface area (Å²) < 4.78 is 80.4. The van der Waals surface area contributed by atoms with Crippen LogP contribution in [0, 0.1) is 11.8 Å². The van der Waals surface area contributed by atoms with Crippen LogP contribution in [0.1, 0.15) is 57.5 Å². The van der Waals surface area contributed by atoms with Crippen molar-refractivity contribution >= 4 is 58.6 Å². The van der Waals surface area contributed by atoms with E-state index in [4.69, 9.17) is 9.84 Å². The van der Waals surface area contributed by atoms with Gasteiger partial charge in [-0.1, -0.05) is 12.1 Å². The number of esters is 1. The molecular formula is C43H42F6N6O8. The minimum absolute atomic E-state index is 0.180. The summed E-state index contributed by atoms with van der Waals surface area (Å²) in [5.74, 6) is -2.30. The monoisotopic (exact) mass is 884 g/mol. The number of anilines is 4. The van der Waals surface area contributed by atoms with Crippen LogP contribution < -0.4 is 21.3 Å². The van der Waals surface area contributed by atoms with Crippen LogP contribution in [0.2, 0.25) is 0 Å². The van der Waals surface area contributed by atoms with E-state index in [1.807, 2.05) is 0 Å². The van der Waals surface area contributed by atoms with Crippen LogP contribution in [0.4, 0.5) is 58.7 Å². The van der Waals surface area contributed by atoms with Gasteiger partial charge in [-0.3, -0.25) is 19.2 Å². The van der Waals surface area contributed by atoms with Gasteiger partial charge >= 0.3 is 36.4 Å². The molecule has 14 nitrogen and oxygen atoms in total. The van der Waals surface area contributed by atoms with Crippen molar-refractivity contribution in [2.75, 3.05) is 54.6 Å². The number of carbonyl (C=O) groups excluding carboxylic acids is 5. The van der Waals surface area contributed by atoms with Gasteiger partial charge in [-0.2, -0.15) is 26.3 Å². The summed E-state index contributed by atoms with van der Waals surface area (Å²) in [6, 6.07) is 19.3. The number of benzene rings is 4. The molecule has 0 unspecified atom stereocenters. The highest BCUT2D eigenvalue weighted by Gasteiger charge is 2.32. The van der Waals surface area contributed by atoms with Crippen molar-refractivity contribution in [1.29, 1.82) is 0 Å². The molecule has 2 fully saturated rings. The Bertz CT molecular complexity index is 2270. The number of hydrogen-bond acceptors (Lipinski definition) is 7. The molecule has 0 spiro atoms. The van der Waals surface area contributed by atoms with Gasteiger partial charge in [0.2, 0.25) is 0 Å². The second-order valence-corrected chi connectivity index (χ2v) is 14.5. The number of ether oxygens (including phenoxy) is 1. The van der Waals surface area contributed by atoms with Crippen LogP contribution in [-0.2, 0) is 26.7 Å². The molecule has 4 aromatic carbocycles. The molecule has 334 valence electrons. The number of alkyl halides is 6. The highest BCUT2D eigenvalue weighted by atomic mass is 19.4. The number of piperidine rings is 2. The number of urea groups is 2. The second kappa shape index (κ2) is 20.6. The minimum Gasteiger partial charge on any atom is -0.481 e. The number of likely N-dealkylation sites (tertiary alicyclic amines) is 2. The topological polar surface area (TPSA) is 186 Å². The fourth-order valence-corrected chi connectivity index (χ4v) is 6.71. The second-order valence-electron chi connectivity index (χ2n) is 14.5. The molecule has 4 aromatic rings. The summed E-state index contributed by atoms with van der Waals surface area (Å²) >= 11 is 0. The van der Waals surface area contributed by atoms with E-state index in [1.165, 1.54) is 19.2 Å². The first kappa shape index (κ1) is 46.9. The lowest BCUT2D eigenvalue weighted by atomic mass is 9.96. The number of carboxylic acid groups (broad SMARTS) is 1. The zero-order valence-electron chi connectivity index (χ0n) is 33.5. The number of aliphatic carboxylic acids is 1. The Kier molecular flexibility index (Phi) is 15.4. The molecule has 63 heavy (non-hydrogen) atoms. The Labute approximate surface area is 356 Å². The van der Waals surface area contributed by atoms with Gasteiger partial charge in [-0.15, -0.1) is 0 Å². The Morgan fingerprint density at radius 3 is 1.22 bits per heavy atom. The Hall–Kier alpha value is -7.12. The number of amides is 6. The van der Waals surface area contributed by atoms with Crippen LogP contribution in [0.25, 0.3) is 0 Å². The third-order valence-corrected chi connectivity index (χ3v) is 10.1. The summed E-state index contributed by atoms with van der Waals surface area (Å²) in [6.07, 6.45) is -7.11. The van der Waals surface area contributed by atoms with E-state index in [0.29, 0.717) is 74.4 Å². The number of hydrogen-bond donors (Lipinski definition) is 5. The van der Waals surface area contributed by atoms with E-state index in [-0.39, 0.29) is 35.1 Å². The van der Waals surface area contributed by atoms with E-state index in [2.05, 4.69) is 21.3 Å². The standard InChI is InChI=1S/C22H22F3N3O4.C21H20F3N3O4/c1-32-20(30)14-9-11-28(12-10-14)19(29)15-3-2-4-18(13-15)27-21(31)26-17-7-5-16(6-8-17)22(23,24)25;22-21(23,24)15-4-6-16(7-5-15)25-20(31)26-17-3-1-2-14(12-17)18(28)27-10-8-13(9-11-27)19(29)30/h2-8,13-14H,9-12H2,1H3,(H2,26,27,31);1-7,12-13H,8-11H2,(H,29,30)(H2,25,26,31). The van der Waals surface area contributed by atoms with E-state index in [1.54, 1.807) is 46.2 Å². The van der Waals surface area contributed by atoms with Gasteiger partial charge in [0.25, 0.3) is 11.8 Å². The maximum Gasteiger partial charge on any atom is 0.416 e. The predicted molar refractivity (Wildman–Crippen MR) is 218 cm³/mol. The van der Waals surface area contributed by atoms with Crippen molar-refractivity contribution in [2.24, 2.45) is 11.8 Å². The summed E-state index contributed by atoms with van der Waals surface area (Å²) in [5.41, 5.74) is 0.118. The Balaban J connectivity index is 0.000000238. The van der Waals surface area contributed by atoms with E-state index in [0.717, 1.165) is 48.5 Å². The molecule has 6 amide bonds. The lowest BCUT2D eigenvalue weighted by molar-refractivity contribution is -0.147. The van der Waals surface area contributed by atoms with Gasteiger partial charge < -0.3 is 40.9 Å². The molecule has 0 aliphatic carbocycles. The van der Waals surface area contributed by atoms with Gasteiger partial charge in [-0.25, -0.2) is 9.59 Å². The summed E-state index contributed by atoms with van der Waals surface area (Å²) in [7, 11) is 1.34. The quantitative estimate of drug-likeness (QED) is 0.0859. The van der Waals surface area contributed by atoms with E-state index in [9.17, 15) is 55.1 Å². The Morgan fingerprint density at radius 2 is 0.889 bits per heavy atom. The summed E-state index contributed by atoms with van der Waals surface area (Å²) in [5, 5.41) is 19.0. The first-order valence-corrected chi connectivity index (χ1v) is 19.4. The maximum atomic E-state index is 12.8. The third-order valence-electron chi connectivity index (χ3n) is 10.1. The maximum absolute atomic E-state index is 12.8. The van der Waals surface area contributed by atoms with Gasteiger partial charge in [0.1, 0.15) is 0 Å². The van der Waals surface area contributed by atoms with Crippen LogP contribution in [-0.4, -0.2) is 84.0 Å². The Morgan fingerprint density at radius 1 is 0.540 bits per heavy atom. The average Bonchev–Trinajstić information content (AvgIpc) is 3.25. The lowest BCUT2D eigenvalue weighted by Crippen LogP contribution is -2.40. The molecule has 5 N–H and O–H groups in total. The number of methoxy groups -OCH3 is 1. The van der Waals surface area contributed by atoms with Crippen LogP contribution in [0.3, 0.4) is 0 Å². The molecule has 2 heterocycles. The summed E-state index contributed by atoms with van der Waals surface area (Å²) in [4.78, 5) is 75.7. The SMILES string of the molecule is COC(=O)C1CCN(C(=O)c2cccc(NC(=O)Nc3ccc(C(F)(F)F)cc3)c2)CC1.O=C(Nc1ccc(C(F)(F)F)cc1)Nc1cccc(C(=O)N2CCC(C(=O)O)CC2)c1. The normalized spacial score (nSPS) is 14.7. The fraction of sp³-hybridized carbons (Fsp3) is 0.302. The molecule has 0 saturated carbocycles. The smallest absolute Gasteiger partial charge is 0.416 e. The van der Waals surface area contributed by atoms with E-state index < -0.39 is 47.4 Å². The van der Waals surface area contributed by atoms with Gasteiger partial charge in [-0.05, 0) is 111 Å². The molecule has 2 aliphatic rings. The number of rotatable bonds is 8. The molecule has 6 rings (SSSR count). The zero-order chi connectivity index (χ0) is 45.9.